The topological polar surface area (TPSA) is 31.0 Å². The van der Waals surface area contributed by atoms with Gasteiger partial charge in [0.25, 0.3) is 0 Å². The predicted molar refractivity (Wildman–Crippen MR) is 50.6 cm³/mol. The number of halogens is 3. The van der Waals surface area contributed by atoms with Gasteiger partial charge in [0.1, 0.15) is 5.69 Å². The maximum Gasteiger partial charge on any atom is 0.435 e. The molecule has 86 valence electrons. The second-order valence-corrected chi connectivity index (χ2v) is 3.21. The summed E-state index contributed by atoms with van der Waals surface area (Å²) in [5.74, 6) is 0.379. The molecule has 0 bridgehead atoms. The molecular formula is C10H9F3N2O. The number of furan rings is 1. The van der Waals surface area contributed by atoms with Crippen LogP contribution in [0, 0.1) is 0 Å². The van der Waals surface area contributed by atoms with Gasteiger partial charge in [0.2, 0.25) is 0 Å². The molecule has 0 aliphatic carbocycles. The first-order valence-corrected chi connectivity index (χ1v) is 4.71. The zero-order chi connectivity index (χ0) is 11.8. The van der Waals surface area contributed by atoms with Gasteiger partial charge < -0.3 is 4.42 Å². The van der Waals surface area contributed by atoms with E-state index in [0.717, 1.165) is 6.07 Å². The van der Waals surface area contributed by atoms with Gasteiger partial charge in [0.15, 0.2) is 11.5 Å². The average molecular weight is 230 g/mol. The molecule has 0 atom stereocenters. The van der Waals surface area contributed by atoms with Crippen molar-refractivity contribution >= 4 is 0 Å². The largest absolute Gasteiger partial charge is 0.463 e. The van der Waals surface area contributed by atoms with Gasteiger partial charge in [-0.3, -0.25) is 4.68 Å². The minimum atomic E-state index is -4.43. The van der Waals surface area contributed by atoms with Gasteiger partial charge >= 0.3 is 6.18 Å². The predicted octanol–water partition coefficient (Wildman–Crippen LogP) is 3.18. The highest BCUT2D eigenvalue weighted by atomic mass is 19.4. The van der Waals surface area contributed by atoms with E-state index in [1.807, 2.05) is 0 Å². The van der Waals surface area contributed by atoms with Crippen LogP contribution in [-0.2, 0) is 12.7 Å². The number of nitrogens with zero attached hydrogens (tertiary/aromatic N) is 2. The Bertz CT molecular complexity index is 471. The van der Waals surface area contributed by atoms with Crippen molar-refractivity contribution in [3.05, 3.63) is 30.2 Å². The molecule has 6 heteroatoms. The van der Waals surface area contributed by atoms with E-state index >= 15 is 0 Å². The van der Waals surface area contributed by atoms with Crippen molar-refractivity contribution < 1.29 is 17.6 Å². The Morgan fingerprint density at radius 3 is 2.69 bits per heavy atom. The smallest absolute Gasteiger partial charge is 0.435 e. The molecule has 0 aliphatic rings. The van der Waals surface area contributed by atoms with Crippen molar-refractivity contribution in [3.8, 4) is 11.5 Å². The molecule has 2 aromatic rings. The van der Waals surface area contributed by atoms with Crippen LogP contribution in [0.3, 0.4) is 0 Å². The number of rotatable bonds is 2. The molecule has 0 spiro atoms. The molecule has 3 nitrogen and oxygen atoms in total. The molecule has 0 aliphatic heterocycles. The van der Waals surface area contributed by atoms with Crippen LogP contribution in [0.15, 0.2) is 28.9 Å². The summed E-state index contributed by atoms with van der Waals surface area (Å²) in [5.41, 5.74) is -0.569. The van der Waals surface area contributed by atoms with Crippen molar-refractivity contribution in [1.82, 2.24) is 9.78 Å². The van der Waals surface area contributed by atoms with Gasteiger partial charge in [-0.1, -0.05) is 0 Å². The lowest BCUT2D eigenvalue weighted by Crippen LogP contribution is -2.07. The third kappa shape index (κ3) is 1.82. The van der Waals surface area contributed by atoms with Gasteiger partial charge in [0.05, 0.1) is 6.26 Å². The Labute approximate surface area is 89.5 Å². The minimum Gasteiger partial charge on any atom is -0.463 e. The number of aryl methyl sites for hydroxylation is 1. The summed E-state index contributed by atoms with van der Waals surface area (Å²) in [6.07, 6.45) is -3.02. The van der Waals surface area contributed by atoms with Crippen LogP contribution in [0.1, 0.15) is 12.6 Å². The monoisotopic (exact) mass is 230 g/mol. The van der Waals surface area contributed by atoms with Crippen LogP contribution in [0.25, 0.3) is 11.5 Å². The lowest BCUT2D eigenvalue weighted by molar-refractivity contribution is -0.141. The standard InChI is InChI=1S/C10H9F3N2O/c1-2-15-7(8-4-3-5-16-8)6-9(14-15)10(11,12)13/h3-6H,2H2,1H3. The molecule has 0 fully saturated rings. The summed E-state index contributed by atoms with van der Waals surface area (Å²) in [4.78, 5) is 0. The Morgan fingerprint density at radius 1 is 1.44 bits per heavy atom. The molecule has 0 saturated carbocycles. The molecule has 0 N–H and O–H groups in total. The van der Waals surface area contributed by atoms with Gasteiger partial charge in [0, 0.05) is 6.54 Å². The molecule has 16 heavy (non-hydrogen) atoms. The summed E-state index contributed by atoms with van der Waals surface area (Å²) in [6, 6.07) is 4.21. The fourth-order valence-corrected chi connectivity index (χ4v) is 1.42. The van der Waals surface area contributed by atoms with E-state index in [2.05, 4.69) is 5.10 Å². The minimum absolute atomic E-state index is 0.333. The first-order valence-electron chi connectivity index (χ1n) is 4.71. The fourth-order valence-electron chi connectivity index (χ4n) is 1.42. The van der Waals surface area contributed by atoms with Crippen molar-refractivity contribution in [2.75, 3.05) is 0 Å². The van der Waals surface area contributed by atoms with E-state index in [1.54, 1.807) is 19.1 Å². The zero-order valence-electron chi connectivity index (χ0n) is 8.45. The molecule has 0 saturated heterocycles. The van der Waals surface area contributed by atoms with E-state index in [9.17, 15) is 13.2 Å². The summed E-state index contributed by atoms with van der Waals surface area (Å²) in [5, 5.41) is 3.49. The Hall–Kier alpha value is -1.72. The Kier molecular flexibility index (Phi) is 2.49. The number of aromatic nitrogens is 2. The summed E-state index contributed by atoms with van der Waals surface area (Å²) in [7, 11) is 0. The zero-order valence-corrected chi connectivity index (χ0v) is 8.45. The molecular weight excluding hydrogens is 221 g/mol. The van der Waals surface area contributed by atoms with E-state index in [1.165, 1.54) is 10.9 Å². The molecule has 0 aromatic carbocycles. The lowest BCUT2D eigenvalue weighted by atomic mass is 10.3. The maximum absolute atomic E-state index is 12.5. The first-order chi connectivity index (χ1) is 7.52. The summed E-state index contributed by atoms with van der Waals surface area (Å²) >= 11 is 0. The number of hydrogen-bond acceptors (Lipinski definition) is 2. The number of hydrogen-bond donors (Lipinski definition) is 0. The second-order valence-electron chi connectivity index (χ2n) is 3.21. The van der Waals surface area contributed by atoms with Crippen molar-refractivity contribution in [1.29, 1.82) is 0 Å². The maximum atomic E-state index is 12.5. The SMILES string of the molecule is CCn1nc(C(F)(F)F)cc1-c1ccco1. The third-order valence-corrected chi connectivity index (χ3v) is 2.14. The summed E-state index contributed by atoms with van der Waals surface area (Å²) < 4.78 is 43.7. The normalized spacial score (nSPS) is 12.0. The van der Waals surface area contributed by atoms with Crippen LogP contribution < -0.4 is 0 Å². The van der Waals surface area contributed by atoms with Crippen molar-refractivity contribution in [2.45, 2.75) is 19.6 Å². The fraction of sp³-hybridized carbons (Fsp3) is 0.300. The molecule has 2 aromatic heterocycles. The Balaban J connectivity index is 2.50. The van der Waals surface area contributed by atoms with E-state index in [-0.39, 0.29) is 0 Å². The first kappa shape index (κ1) is 10.8. The average Bonchev–Trinajstić information content (AvgIpc) is 2.85. The van der Waals surface area contributed by atoms with Crippen LogP contribution in [-0.4, -0.2) is 9.78 Å². The number of alkyl halides is 3. The van der Waals surface area contributed by atoms with Crippen LogP contribution in [0.2, 0.25) is 0 Å². The second kappa shape index (κ2) is 3.70. The highest BCUT2D eigenvalue weighted by Gasteiger charge is 2.35. The van der Waals surface area contributed by atoms with Crippen LogP contribution in [0.4, 0.5) is 13.2 Å². The van der Waals surface area contributed by atoms with Gasteiger partial charge in [-0.25, -0.2) is 0 Å². The molecule has 0 radical (unpaired) electrons. The lowest BCUT2D eigenvalue weighted by Gasteiger charge is -2.01. The van der Waals surface area contributed by atoms with Gasteiger partial charge in [-0.05, 0) is 25.1 Å². The quantitative estimate of drug-likeness (QED) is 0.793. The van der Waals surface area contributed by atoms with Gasteiger partial charge in [-0.2, -0.15) is 18.3 Å². The van der Waals surface area contributed by atoms with E-state index in [4.69, 9.17) is 4.42 Å². The van der Waals surface area contributed by atoms with Crippen molar-refractivity contribution in [3.63, 3.8) is 0 Å². The molecule has 0 unspecified atom stereocenters. The molecule has 0 amide bonds. The van der Waals surface area contributed by atoms with Crippen molar-refractivity contribution in [2.24, 2.45) is 0 Å². The highest BCUT2D eigenvalue weighted by molar-refractivity contribution is 5.53. The third-order valence-electron chi connectivity index (χ3n) is 2.14. The molecule has 2 heterocycles. The summed E-state index contributed by atoms with van der Waals surface area (Å²) in [6.45, 7) is 2.08. The van der Waals surface area contributed by atoms with Crippen LogP contribution >= 0.6 is 0 Å². The van der Waals surface area contributed by atoms with Gasteiger partial charge in [-0.15, -0.1) is 0 Å². The van der Waals surface area contributed by atoms with E-state index < -0.39 is 11.9 Å². The molecule has 2 rings (SSSR count). The van der Waals surface area contributed by atoms with Crippen LogP contribution in [0.5, 0.6) is 0 Å². The Morgan fingerprint density at radius 2 is 2.19 bits per heavy atom. The highest BCUT2D eigenvalue weighted by Crippen LogP contribution is 2.31. The van der Waals surface area contributed by atoms with E-state index in [0.29, 0.717) is 18.0 Å².